The number of hydrogen-bond acceptors (Lipinski definition) is 4. The normalized spacial score (nSPS) is 47.7. The van der Waals surface area contributed by atoms with Crippen LogP contribution in [0.1, 0.15) is 65.7 Å². The van der Waals surface area contributed by atoms with Crippen LogP contribution in [0.4, 0.5) is 0 Å². The van der Waals surface area contributed by atoms with E-state index in [-0.39, 0.29) is 22.7 Å². The molecular weight excluding hydrogens is 332 g/mol. The molecule has 0 aromatic carbocycles. The van der Waals surface area contributed by atoms with Gasteiger partial charge in [0.2, 0.25) is 6.29 Å². The van der Waals surface area contributed by atoms with Crippen molar-refractivity contribution in [3.05, 3.63) is 11.1 Å². The highest BCUT2D eigenvalue weighted by molar-refractivity contribution is 5.94. The van der Waals surface area contributed by atoms with Crippen molar-refractivity contribution in [2.45, 2.75) is 72.0 Å². The first-order chi connectivity index (χ1) is 12.2. The van der Waals surface area contributed by atoms with Gasteiger partial charge in [0.05, 0.1) is 5.41 Å². The molecule has 0 radical (unpaired) electrons. The van der Waals surface area contributed by atoms with E-state index in [1.54, 1.807) is 7.11 Å². The van der Waals surface area contributed by atoms with E-state index in [1.165, 1.54) is 0 Å². The zero-order valence-corrected chi connectivity index (χ0v) is 16.3. The van der Waals surface area contributed by atoms with E-state index in [2.05, 4.69) is 13.8 Å². The summed E-state index contributed by atoms with van der Waals surface area (Å²) in [5, 5.41) is 9.97. The molecule has 2 unspecified atom stereocenters. The van der Waals surface area contributed by atoms with Gasteiger partial charge >= 0.3 is 11.9 Å². The fourth-order valence-corrected chi connectivity index (χ4v) is 7.34. The number of aliphatic carboxylic acids is 1. The Morgan fingerprint density at radius 2 is 1.88 bits per heavy atom. The van der Waals surface area contributed by atoms with Gasteiger partial charge in [0.25, 0.3) is 0 Å². The van der Waals surface area contributed by atoms with E-state index in [1.807, 2.05) is 6.92 Å². The molecular formula is C21H30O5. The smallest absolute Gasteiger partial charge is 0.337 e. The molecule has 0 spiro atoms. The minimum absolute atomic E-state index is 0.0532. The lowest BCUT2D eigenvalue weighted by molar-refractivity contribution is -0.176. The standard InChI is InChI=1S/C21H30O5/c1-19-9-5-10-21(3,18(23)24)14(19)8-11-20(2)13(19)7-6-12-15(20)16(22)26-17(12)25-4/h13-14,17H,5-11H2,1-4H3,(H,23,24)/t13?,14?,17-,19-,20-,21+/m1/s1. The number of cyclic esters (lactones) is 1. The van der Waals surface area contributed by atoms with Crippen molar-refractivity contribution in [1.29, 1.82) is 0 Å². The highest BCUT2D eigenvalue weighted by atomic mass is 16.7. The fraction of sp³-hybridized carbons (Fsp3) is 0.810. The van der Waals surface area contributed by atoms with Crippen LogP contribution in [0.25, 0.3) is 0 Å². The topological polar surface area (TPSA) is 72.8 Å². The van der Waals surface area contributed by atoms with Gasteiger partial charge < -0.3 is 14.6 Å². The van der Waals surface area contributed by atoms with Crippen LogP contribution in [0.2, 0.25) is 0 Å². The number of methoxy groups -OCH3 is 1. The van der Waals surface area contributed by atoms with Gasteiger partial charge in [0.1, 0.15) is 0 Å². The van der Waals surface area contributed by atoms with E-state index < -0.39 is 17.7 Å². The number of carbonyl (C=O) groups is 2. The SMILES string of the molecule is CO[C@@H]1OC(=O)C2=C1CCC1[C@@]3(C)CCC[C@](C)(C(=O)O)C3CC[C@@]21C. The molecule has 0 aromatic rings. The van der Waals surface area contributed by atoms with Gasteiger partial charge in [-0.3, -0.25) is 4.79 Å². The number of rotatable bonds is 2. The predicted octanol–water partition coefficient (Wildman–Crippen LogP) is 3.92. The summed E-state index contributed by atoms with van der Waals surface area (Å²) in [7, 11) is 1.58. The van der Waals surface area contributed by atoms with E-state index in [4.69, 9.17) is 9.47 Å². The van der Waals surface area contributed by atoms with Gasteiger partial charge in [0, 0.05) is 23.7 Å². The molecule has 1 aliphatic heterocycles. The van der Waals surface area contributed by atoms with Gasteiger partial charge in [-0.05, 0) is 62.7 Å². The van der Waals surface area contributed by atoms with Crippen LogP contribution in [0.15, 0.2) is 11.1 Å². The number of hydrogen-bond donors (Lipinski definition) is 1. The Hall–Kier alpha value is -1.36. The number of fused-ring (bicyclic) bond motifs is 4. The Kier molecular flexibility index (Phi) is 3.86. The average molecular weight is 362 g/mol. The van der Waals surface area contributed by atoms with Crippen LogP contribution in [0.5, 0.6) is 0 Å². The van der Waals surface area contributed by atoms with Gasteiger partial charge in [0.15, 0.2) is 0 Å². The monoisotopic (exact) mass is 362 g/mol. The van der Waals surface area contributed by atoms with E-state index in [0.717, 1.165) is 56.1 Å². The number of carboxylic acid groups (broad SMARTS) is 1. The highest BCUT2D eigenvalue weighted by Crippen LogP contribution is 2.69. The first-order valence-electron chi connectivity index (χ1n) is 9.89. The molecule has 0 aromatic heterocycles. The summed E-state index contributed by atoms with van der Waals surface area (Å²) >= 11 is 0. The number of carbonyl (C=O) groups excluding carboxylic acids is 1. The molecule has 0 bridgehead atoms. The summed E-state index contributed by atoms with van der Waals surface area (Å²) in [5.41, 5.74) is 0.911. The highest BCUT2D eigenvalue weighted by Gasteiger charge is 2.64. The van der Waals surface area contributed by atoms with Crippen LogP contribution in [0.3, 0.4) is 0 Å². The maximum atomic E-state index is 12.7. The third-order valence-corrected chi connectivity index (χ3v) is 8.49. The summed E-state index contributed by atoms with van der Waals surface area (Å²) in [6.07, 6.45) is 5.72. The zero-order valence-electron chi connectivity index (χ0n) is 16.3. The second-order valence-corrected chi connectivity index (χ2v) is 9.56. The molecule has 1 heterocycles. The Morgan fingerprint density at radius 3 is 2.54 bits per heavy atom. The number of ether oxygens (including phenoxy) is 2. The van der Waals surface area contributed by atoms with Gasteiger partial charge in [-0.1, -0.05) is 20.3 Å². The molecule has 144 valence electrons. The third-order valence-electron chi connectivity index (χ3n) is 8.49. The average Bonchev–Trinajstić information content (AvgIpc) is 2.91. The molecule has 2 saturated carbocycles. The van der Waals surface area contributed by atoms with Crippen molar-refractivity contribution in [1.82, 2.24) is 0 Å². The number of esters is 1. The number of carboxylic acids is 1. The third kappa shape index (κ3) is 2.07. The summed E-state index contributed by atoms with van der Waals surface area (Å²) in [6.45, 7) is 6.44. The lowest BCUT2D eigenvalue weighted by atomic mass is 9.40. The molecule has 5 heteroatoms. The van der Waals surface area contributed by atoms with Crippen LogP contribution in [-0.4, -0.2) is 30.4 Å². The first kappa shape index (κ1) is 18.0. The van der Waals surface area contributed by atoms with Gasteiger partial charge in [-0.25, -0.2) is 4.79 Å². The predicted molar refractivity (Wildman–Crippen MR) is 95.2 cm³/mol. The minimum Gasteiger partial charge on any atom is -0.481 e. The molecule has 6 atom stereocenters. The molecule has 2 fully saturated rings. The van der Waals surface area contributed by atoms with E-state index in [0.29, 0.717) is 5.92 Å². The summed E-state index contributed by atoms with van der Waals surface area (Å²) in [6, 6.07) is 0. The maximum Gasteiger partial charge on any atom is 0.337 e. The Balaban J connectivity index is 1.78. The Morgan fingerprint density at radius 1 is 1.15 bits per heavy atom. The molecule has 0 amide bonds. The lowest BCUT2D eigenvalue weighted by Crippen LogP contribution is -2.58. The summed E-state index contributed by atoms with van der Waals surface area (Å²) < 4.78 is 10.9. The van der Waals surface area contributed by atoms with Crippen molar-refractivity contribution < 1.29 is 24.2 Å². The van der Waals surface area contributed by atoms with Crippen LogP contribution < -0.4 is 0 Å². The van der Waals surface area contributed by atoms with E-state index >= 15 is 0 Å². The van der Waals surface area contributed by atoms with Crippen molar-refractivity contribution in [3.63, 3.8) is 0 Å². The lowest BCUT2D eigenvalue weighted by Gasteiger charge is -2.63. The first-order valence-corrected chi connectivity index (χ1v) is 9.89. The van der Waals surface area contributed by atoms with E-state index in [9.17, 15) is 14.7 Å². The van der Waals surface area contributed by atoms with Gasteiger partial charge in [-0.15, -0.1) is 0 Å². The van der Waals surface area contributed by atoms with Gasteiger partial charge in [-0.2, -0.15) is 0 Å². The summed E-state index contributed by atoms with van der Waals surface area (Å²) in [5.74, 6) is -0.405. The molecule has 5 nitrogen and oxygen atoms in total. The Labute approximate surface area is 155 Å². The second-order valence-electron chi connectivity index (χ2n) is 9.56. The quantitative estimate of drug-likeness (QED) is 0.754. The largest absolute Gasteiger partial charge is 0.481 e. The molecule has 4 rings (SSSR count). The maximum absolute atomic E-state index is 12.7. The van der Waals surface area contributed by atoms with Crippen molar-refractivity contribution in [2.75, 3.05) is 7.11 Å². The van der Waals surface area contributed by atoms with Crippen molar-refractivity contribution >= 4 is 11.9 Å². The molecule has 1 N–H and O–H groups in total. The zero-order chi connectivity index (χ0) is 18.9. The molecule has 26 heavy (non-hydrogen) atoms. The minimum atomic E-state index is -0.660. The fourth-order valence-electron chi connectivity index (χ4n) is 7.34. The van der Waals surface area contributed by atoms with Crippen LogP contribution >= 0.6 is 0 Å². The molecule has 4 aliphatic rings. The Bertz CT molecular complexity index is 697. The molecule has 0 saturated heterocycles. The summed E-state index contributed by atoms with van der Waals surface area (Å²) in [4.78, 5) is 24.8. The van der Waals surface area contributed by atoms with Crippen LogP contribution in [0, 0.1) is 28.1 Å². The molecule has 3 aliphatic carbocycles. The van der Waals surface area contributed by atoms with Crippen molar-refractivity contribution in [2.24, 2.45) is 28.1 Å². The van der Waals surface area contributed by atoms with Crippen molar-refractivity contribution in [3.8, 4) is 0 Å². The van der Waals surface area contributed by atoms with Crippen LogP contribution in [-0.2, 0) is 19.1 Å². The second kappa shape index (κ2) is 5.57.